The van der Waals surface area contributed by atoms with Crippen molar-refractivity contribution in [2.45, 2.75) is 52.9 Å². The fraction of sp³-hybridized carbons (Fsp3) is 0.913. The Hall–Kier alpha value is -1.18. The zero-order chi connectivity index (χ0) is 21.8. The van der Waals surface area contributed by atoms with Crippen LogP contribution in [0.5, 0.6) is 0 Å². The summed E-state index contributed by atoms with van der Waals surface area (Å²) in [6.07, 6.45) is 4.57. The molecule has 1 N–H and O–H groups in total. The van der Waals surface area contributed by atoms with E-state index in [1.54, 1.807) is 0 Å². The molecule has 2 amide bonds. The molecule has 0 radical (unpaired) electrons. The number of rotatable bonds is 12. The molecular formula is C23H43N3O4. The van der Waals surface area contributed by atoms with E-state index in [9.17, 15) is 9.59 Å². The van der Waals surface area contributed by atoms with Crippen LogP contribution in [0.3, 0.4) is 0 Å². The van der Waals surface area contributed by atoms with Gasteiger partial charge >= 0.3 is 0 Å². The molecule has 30 heavy (non-hydrogen) atoms. The highest BCUT2D eigenvalue weighted by Crippen LogP contribution is 2.24. The Balaban J connectivity index is 1.40. The lowest BCUT2D eigenvalue weighted by Crippen LogP contribution is -2.41. The van der Waals surface area contributed by atoms with Crippen molar-refractivity contribution >= 4 is 11.8 Å². The molecular weight excluding hydrogens is 382 g/mol. The van der Waals surface area contributed by atoms with E-state index in [1.807, 2.05) is 4.90 Å². The van der Waals surface area contributed by atoms with E-state index in [-0.39, 0.29) is 17.7 Å². The summed E-state index contributed by atoms with van der Waals surface area (Å²) in [5.41, 5.74) is 0. The van der Waals surface area contributed by atoms with Crippen molar-refractivity contribution in [1.29, 1.82) is 0 Å². The molecule has 0 aromatic heterocycles. The third kappa shape index (κ3) is 8.90. The first-order valence-electron chi connectivity index (χ1n) is 11.9. The second-order valence-corrected chi connectivity index (χ2v) is 8.94. The topological polar surface area (TPSA) is 71.1 Å². The molecule has 2 fully saturated rings. The molecule has 2 saturated heterocycles. The van der Waals surface area contributed by atoms with Gasteiger partial charge in [-0.05, 0) is 57.2 Å². The van der Waals surface area contributed by atoms with E-state index in [0.717, 1.165) is 64.3 Å². The fourth-order valence-electron chi connectivity index (χ4n) is 4.36. The van der Waals surface area contributed by atoms with E-state index in [0.29, 0.717) is 45.3 Å². The smallest absolute Gasteiger partial charge is 0.224 e. The monoisotopic (exact) mass is 425 g/mol. The summed E-state index contributed by atoms with van der Waals surface area (Å²) in [4.78, 5) is 28.8. The summed E-state index contributed by atoms with van der Waals surface area (Å²) < 4.78 is 11.1. The number of likely N-dealkylation sites (tertiary alicyclic amines) is 2. The third-order valence-electron chi connectivity index (χ3n) is 6.62. The molecule has 0 unspecified atom stereocenters. The number of piperidine rings is 2. The zero-order valence-corrected chi connectivity index (χ0v) is 19.4. The van der Waals surface area contributed by atoms with Gasteiger partial charge in [0.2, 0.25) is 11.8 Å². The van der Waals surface area contributed by atoms with Gasteiger partial charge < -0.3 is 24.6 Å². The van der Waals surface area contributed by atoms with Crippen LogP contribution in [0.25, 0.3) is 0 Å². The molecule has 2 aliphatic rings. The lowest BCUT2D eigenvalue weighted by molar-refractivity contribution is -0.134. The van der Waals surface area contributed by atoms with Crippen LogP contribution in [0, 0.1) is 17.8 Å². The Bertz CT molecular complexity index is 499. The largest absolute Gasteiger partial charge is 0.379 e. The van der Waals surface area contributed by atoms with Gasteiger partial charge in [-0.3, -0.25) is 9.59 Å². The maximum Gasteiger partial charge on any atom is 0.224 e. The Labute approximate surface area is 182 Å². The number of nitrogens with one attached hydrogen (secondary N) is 1. The van der Waals surface area contributed by atoms with Gasteiger partial charge in [-0.25, -0.2) is 0 Å². The van der Waals surface area contributed by atoms with Crippen LogP contribution in [0.1, 0.15) is 52.9 Å². The Morgan fingerprint density at radius 2 is 1.57 bits per heavy atom. The second kappa shape index (κ2) is 14.0. The van der Waals surface area contributed by atoms with E-state index in [1.165, 1.54) is 0 Å². The van der Waals surface area contributed by atoms with Crippen molar-refractivity contribution in [3.05, 3.63) is 0 Å². The van der Waals surface area contributed by atoms with Gasteiger partial charge in [0.1, 0.15) is 0 Å². The Kier molecular flexibility index (Phi) is 11.7. The molecule has 0 bridgehead atoms. The minimum Gasteiger partial charge on any atom is -0.379 e. The standard InChI is InChI=1S/C23H43N3O4/c1-4-25-11-5-21(6-12-25)23(28)24-10-16-30-18-17-29-15-9-22(27)26-13-7-20(8-14-26)19(2)3/h19-21H,4-18H2,1-3H3,(H,24,28). The van der Waals surface area contributed by atoms with Crippen molar-refractivity contribution in [3.8, 4) is 0 Å². The average molecular weight is 426 g/mol. The van der Waals surface area contributed by atoms with E-state index < -0.39 is 0 Å². The van der Waals surface area contributed by atoms with Crippen LogP contribution in [0.2, 0.25) is 0 Å². The first kappa shape index (κ1) is 25.1. The van der Waals surface area contributed by atoms with Gasteiger partial charge in [0, 0.05) is 25.6 Å². The number of carbonyl (C=O) groups excluding carboxylic acids is 2. The van der Waals surface area contributed by atoms with E-state index in [2.05, 4.69) is 31.0 Å². The van der Waals surface area contributed by atoms with Crippen LogP contribution >= 0.6 is 0 Å². The number of amides is 2. The number of hydrogen-bond acceptors (Lipinski definition) is 5. The summed E-state index contributed by atoms with van der Waals surface area (Å²) in [5, 5.41) is 2.98. The van der Waals surface area contributed by atoms with Gasteiger partial charge in [-0.2, -0.15) is 0 Å². The van der Waals surface area contributed by atoms with Crippen LogP contribution in [-0.2, 0) is 19.1 Å². The molecule has 2 aliphatic heterocycles. The third-order valence-corrected chi connectivity index (χ3v) is 6.62. The van der Waals surface area contributed by atoms with E-state index >= 15 is 0 Å². The first-order valence-corrected chi connectivity index (χ1v) is 11.9. The molecule has 0 aliphatic carbocycles. The minimum atomic E-state index is 0.143. The molecule has 7 heteroatoms. The Morgan fingerprint density at radius 3 is 2.17 bits per heavy atom. The predicted molar refractivity (Wildman–Crippen MR) is 118 cm³/mol. The van der Waals surface area contributed by atoms with Crippen molar-refractivity contribution in [1.82, 2.24) is 15.1 Å². The van der Waals surface area contributed by atoms with E-state index in [4.69, 9.17) is 9.47 Å². The summed E-state index contributed by atoms with van der Waals surface area (Å²) >= 11 is 0. The van der Waals surface area contributed by atoms with Crippen molar-refractivity contribution in [2.75, 3.05) is 65.7 Å². The van der Waals surface area contributed by atoms with Crippen LogP contribution in [0.15, 0.2) is 0 Å². The summed E-state index contributed by atoms with van der Waals surface area (Å²) in [5.74, 6) is 1.95. The SMILES string of the molecule is CCN1CCC(C(=O)NCCOCCOCCC(=O)N2CCC(C(C)C)CC2)CC1. The van der Waals surface area contributed by atoms with Crippen LogP contribution in [-0.4, -0.2) is 87.3 Å². The molecule has 0 aromatic rings. The highest BCUT2D eigenvalue weighted by Gasteiger charge is 2.25. The second-order valence-electron chi connectivity index (χ2n) is 8.94. The molecule has 0 atom stereocenters. The maximum absolute atomic E-state index is 12.2. The van der Waals surface area contributed by atoms with Gasteiger partial charge in [-0.15, -0.1) is 0 Å². The lowest BCUT2D eigenvalue weighted by Gasteiger charge is -2.34. The summed E-state index contributed by atoms with van der Waals surface area (Å²) in [7, 11) is 0. The minimum absolute atomic E-state index is 0.143. The quantitative estimate of drug-likeness (QED) is 0.485. The number of ether oxygens (including phenoxy) is 2. The summed E-state index contributed by atoms with van der Waals surface area (Å²) in [6, 6.07) is 0. The molecule has 0 aromatic carbocycles. The molecule has 174 valence electrons. The molecule has 2 heterocycles. The lowest BCUT2D eigenvalue weighted by atomic mass is 9.86. The van der Waals surface area contributed by atoms with Crippen LogP contribution in [0.4, 0.5) is 0 Å². The Morgan fingerprint density at radius 1 is 0.933 bits per heavy atom. The average Bonchev–Trinajstić information content (AvgIpc) is 2.77. The molecule has 2 rings (SSSR count). The van der Waals surface area contributed by atoms with Crippen molar-refractivity contribution in [2.24, 2.45) is 17.8 Å². The number of hydrogen-bond donors (Lipinski definition) is 1. The number of carbonyl (C=O) groups is 2. The molecule has 7 nitrogen and oxygen atoms in total. The van der Waals surface area contributed by atoms with Crippen LogP contribution < -0.4 is 5.32 Å². The van der Waals surface area contributed by atoms with Crippen molar-refractivity contribution < 1.29 is 19.1 Å². The zero-order valence-electron chi connectivity index (χ0n) is 19.4. The van der Waals surface area contributed by atoms with Crippen molar-refractivity contribution in [3.63, 3.8) is 0 Å². The van der Waals surface area contributed by atoms with Gasteiger partial charge in [0.25, 0.3) is 0 Å². The molecule has 0 saturated carbocycles. The predicted octanol–water partition coefficient (Wildman–Crippen LogP) is 2.15. The highest BCUT2D eigenvalue weighted by atomic mass is 16.5. The number of nitrogens with zero attached hydrogens (tertiary/aromatic N) is 2. The maximum atomic E-state index is 12.2. The highest BCUT2D eigenvalue weighted by molar-refractivity contribution is 5.78. The van der Waals surface area contributed by atoms with Gasteiger partial charge in [0.15, 0.2) is 0 Å². The summed E-state index contributed by atoms with van der Waals surface area (Å²) in [6.45, 7) is 14.0. The normalized spacial score (nSPS) is 19.4. The molecule has 0 spiro atoms. The first-order chi connectivity index (χ1) is 14.5. The van der Waals surface area contributed by atoms with Gasteiger partial charge in [0.05, 0.1) is 32.8 Å². The van der Waals surface area contributed by atoms with Gasteiger partial charge in [-0.1, -0.05) is 20.8 Å². The fourth-order valence-corrected chi connectivity index (χ4v) is 4.36.